The summed E-state index contributed by atoms with van der Waals surface area (Å²) in [6, 6.07) is 0. The minimum Gasteiger partial charge on any atom is -0.481 e. The second kappa shape index (κ2) is 4.30. The van der Waals surface area contributed by atoms with E-state index in [1.54, 1.807) is 19.1 Å². The summed E-state index contributed by atoms with van der Waals surface area (Å²) in [7, 11) is 0. The lowest BCUT2D eigenvalue weighted by Gasteiger charge is -2.44. The van der Waals surface area contributed by atoms with Crippen LogP contribution in [0.1, 0.15) is 33.6 Å². The van der Waals surface area contributed by atoms with Crippen LogP contribution in [0.4, 0.5) is 0 Å². The number of aliphatic carboxylic acids is 1. The first kappa shape index (κ1) is 14.0. The number of aliphatic hydroxyl groups is 1. The Labute approximate surface area is 112 Å². The Morgan fingerprint density at radius 2 is 2.11 bits per heavy atom. The van der Waals surface area contributed by atoms with Crippen LogP contribution in [-0.2, 0) is 9.59 Å². The summed E-state index contributed by atoms with van der Waals surface area (Å²) in [5.74, 6) is -1.08. The van der Waals surface area contributed by atoms with Gasteiger partial charge >= 0.3 is 5.97 Å². The topological polar surface area (TPSA) is 74.6 Å². The van der Waals surface area contributed by atoms with Gasteiger partial charge in [0.05, 0.1) is 5.92 Å². The summed E-state index contributed by atoms with van der Waals surface area (Å²) in [5.41, 5.74) is -1.13. The van der Waals surface area contributed by atoms with Crippen molar-refractivity contribution in [1.29, 1.82) is 0 Å². The highest BCUT2D eigenvalue weighted by Crippen LogP contribution is 2.46. The third kappa shape index (κ3) is 2.37. The van der Waals surface area contributed by atoms with Crippen LogP contribution in [0.3, 0.4) is 0 Å². The van der Waals surface area contributed by atoms with Crippen molar-refractivity contribution in [3.8, 4) is 0 Å². The Bertz CT molecular complexity index is 486. The molecule has 2 aliphatic rings. The smallest absolute Gasteiger partial charge is 0.307 e. The Balaban J connectivity index is 2.22. The van der Waals surface area contributed by atoms with E-state index < -0.39 is 17.0 Å². The zero-order valence-electron chi connectivity index (χ0n) is 11.5. The minimum absolute atomic E-state index is 0.00255. The fourth-order valence-electron chi connectivity index (χ4n) is 2.84. The third-order valence-electron chi connectivity index (χ3n) is 4.37. The van der Waals surface area contributed by atoms with Crippen LogP contribution in [0.25, 0.3) is 0 Å². The van der Waals surface area contributed by atoms with Crippen LogP contribution >= 0.6 is 0 Å². The molecule has 4 nitrogen and oxygen atoms in total. The van der Waals surface area contributed by atoms with Crippen molar-refractivity contribution in [2.75, 3.05) is 0 Å². The number of carboxylic acid groups (broad SMARTS) is 1. The zero-order valence-corrected chi connectivity index (χ0v) is 11.5. The van der Waals surface area contributed by atoms with Gasteiger partial charge in [-0.1, -0.05) is 26.0 Å². The second-order valence-corrected chi connectivity index (χ2v) is 6.32. The van der Waals surface area contributed by atoms with Gasteiger partial charge in [-0.25, -0.2) is 0 Å². The summed E-state index contributed by atoms with van der Waals surface area (Å²) in [6.45, 7) is 5.45. The molecular weight excluding hydrogens is 244 g/mol. The SMILES string of the molecule is CC1=CC(=O)CC(C)(C)C1(O)/C=C/[C@H]1C[C@H]1C(=O)O. The van der Waals surface area contributed by atoms with Crippen molar-refractivity contribution < 1.29 is 19.8 Å². The number of ketones is 1. The number of carbonyl (C=O) groups excluding carboxylic acids is 1. The van der Waals surface area contributed by atoms with Gasteiger partial charge in [-0.15, -0.1) is 0 Å². The molecule has 0 amide bonds. The molecule has 19 heavy (non-hydrogen) atoms. The maximum absolute atomic E-state index is 11.6. The molecule has 0 radical (unpaired) electrons. The van der Waals surface area contributed by atoms with Crippen molar-refractivity contribution in [3.05, 3.63) is 23.8 Å². The maximum Gasteiger partial charge on any atom is 0.307 e. The van der Waals surface area contributed by atoms with E-state index in [-0.39, 0.29) is 24.0 Å². The van der Waals surface area contributed by atoms with Crippen LogP contribution < -0.4 is 0 Å². The van der Waals surface area contributed by atoms with Gasteiger partial charge in [0.25, 0.3) is 0 Å². The molecule has 104 valence electrons. The highest BCUT2D eigenvalue weighted by Gasteiger charge is 2.48. The van der Waals surface area contributed by atoms with Crippen LogP contribution in [0.5, 0.6) is 0 Å². The number of hydrogen-bond acceptors (Lipinski definition) is 3. The first-order chi connectivity index (χ1) is 8.67. The highest BCUT2D eigenvalue weighted by molar-refractivity contribution is 5.92. The molecule has 0 aromatic rings. The summed E-state index contributed by atoms with van der Waals surface area (Å²) in [4.78, 5) is 22.4. The van der Waals surface area contributed by atoms with E-state index in [4.69, 9.17) is 5.11 Å². The molecule has 1 saturated carbocycles. The summed E-state index contributed by atoms with van der Waals surface area (Å²) in [5, 5.41) is 19.7. The van der Waals surface area contributed by atoms with Crippen LogP contribution in [0, 0.1) is 17.3 Å². The average Bonchev–Trinajstić information content (AvgIpc) is 3.02. The van der Waals surface area contributed by atoms with Crippen molar-refractivity contribution in [2.24, 2.45) is 17.3 Å². The first-order valence-corrected chi connectivity index (χ1v) is 6.53. The van der Waals surface area contributed by atoms with Crippen molar-refractivity contribution >= 4 is 11.8 Å². The Morgan fingerprint density at radius 3 is 2.58 bits per heavy atom. The van der Waals surface area contributed by atoms with Gasteiger partial charge < -0.3 is 10.2 Å². The van der Waals surface area contributed by atoms with Gasteiger partial charge in [-0.2, -0.15) is 0 Å². The molecule has 3 atom stereocenters. The monoisotopic (exact) mass is 264 g/mol. The van der Waals surface area contributed by atoms with E-state index in [0.717, 1.165) is 0 Å². The van der Waals surface area contributed by atoms with Gasteiger partial charge in [0.2, 0.25) is 0 Å². The highest BCUT2D eigenvalue weighted by atomic mass is 16.4. The Hall–Kier alpha value is -1.42. The quantitative estimate of drug-likeness (QED) is 0.764. The molecule has 1 fully saturated rings. The predicted molar refractivity (Wildman–Crippen MR) is 70.5 cm³/mol. The molecule has 0 aromatic heterocycles. The number of allylic oxidation sites excluding steroid dienone is 2. The number of carbonyl (C=O) groups is 2. The van der Waals surface area contributed by atoms with Crippen LogP contribution in [0.15, 0.2) is 23.8 Å². The predicted octanol–water partition coefficient (Wildman–Crippen LogP) is 1.94. The third-order valence-corrected chi connectivity index (χ3v) is 4.37. The largest absolute Gasteiger partial charge is 0.481 e. The second-order valence-electron chi connectivity index (χ2n) is 6.32. The van der Waals surface area contributed by atoms with E-state index in [1.165, 1.54) is 6.08 Å². The summed E-state index contributed by atoms with van der Waals surface area (Å²) >= 11 is 0. The molecule has 0 aliphatic heterocycles. The van der Waals surface area contributed by atoms with Gasteiger partial charge in [-0.3, -0.25) is 9.59 Å². The molecular formula is C15H20O4. The minimum atomic E-state index is -1.17. The number of rotatable bonds is 3. The summed E-state index contributed by atoms with van der Waals surface area (Å²) < 4.78 is 0. The Morgan fingerprint density at radius 1 is 1.47 bits per heavy atom. The lowest BCUT2D eigenvalue weighted by atomic mass is 9.64. The van der Waals surface area contributed by atoms with Gasteiger partial charge in [0, 0.05) is 11.8 Å². The molecule has 4 heteroatoms. The van der Waals surface area contributed by atoms with Crippen molar-refractivity contribution in [2.45, 2.75) is 39.2 Å². The normalized spacial score (nSPS) is 37.3. The molecule has 0 spiro atoms. The van der Waals surface area contributed by atoms with Crippen LogP contribution in [0.2, 0.25) is 0 Å². The maximum atomic E-state index is 11.6. The fourth-order valence-corrected chi connectivity index (χ4v) is 2.84. The number of hydrogen-bond donors (Lipinski definition) is 2. The molecule has 1 unspecified atom stereocenters. The fraction of sp³-hybridized carbons (Fsp3) is 0.600. The molecule has 0 bridgehead atoms. The van der Waals surface area contributed by atoms with Crippen molar-refractivity contribution in [3.63, 3.8) is 0 Å². The Kier molecular flexibility index (Phi) is 3.17. The lowest BCUT2D eigenvalue weighted by molar-refractivity contribution is -0.138. The van der Waals surface area contributed by atoms with Crippen molar-refractivity contribution in [1.82, 2.24) is 0 Å². The van der Waals surface area contributed by atoms with E-state index in [2.05, 4.69) is 0 Å². The van der Waals surface area contributed by atoms with E-state index in [1.807, 2.05) is 13.8 Å². The van der Waals surface area contributed by atoms with E-state index in [9.17, 15) is 14.7 Å². The van der Waals surface area contributed by atoms with Gasteiger partial charge in [0.1, 0.15) is 5.60 Å². The van der Waals surface area contributed by atoms with Gasteiger partial charge in [-0.05, 0) is 30.9 Å². The summed E-state index contributed by atoms with van der Waals surface area (Å²) in [6.07, 6.45) is 5.87. The molecule has 2 N–H and O–H groups in total. The molecule has 2 rings (SSSR count). The molecule has 0 heterocycles. The zero-order chi connectivity index (χ0) is 14.4. The van der Waals surface area contributed by atoms with E-state index >= 15 is 0 Å². The van der Waals surface area contributed by atoms with Crippen LogP contribution in [-0.4, -0.2) is 27.6 Å². The average molecular weight is 264 g/mol. The van der Waals surface area contributed by atoms with E-state index in [0.29, 0.717) is 12.0 Å². The molecule has 0 saturated heterocycles. The first-order valence-electron chi connectivity index (χ1n) is 6.53. The van der Waals surface area contributed by atoms with Gasteiger partial charge in [0.15, 0.2) is 5.78 Å². The number of carboxylic acids is 1. The standard InChI is InChI=1S/C15H20O4/c1-9-6-11(16)8-14(2,3)15(9,19)5-4-10-7-12(10)13(17)18/h4-6,10,12,19H,7-8H2,1-3H3,(H,17,18)/b5-4+/t10-,12+,15?/m0/s1. The molecule has 2 aliphatic carbocycles. The lowest BCUT2D eigenvalue weighted by Crippen LogP contribution is -2.48. The molecule has 0 aromatic carbocycles.